The molecular weight excluding hydrogens is 198 g/mol. The fourth-order valence-corrected chi connectivity index (χ4v) is 1.46. The van der Waals surface area contributed by atoms with Crippen molar-refractivity contribution in [3.8, 4) is 0 Å². The smallest absolute Gasteiger partial charge is 0.132 e. The minimum Gasteiger partial charge on any atom is -0.352 e. The van der Waals surface area contributed by atoms with Crippen molar-refractivity contribution < 1.29 is 0 Å². The van der Waals surface area contributed by atoms with E-state index in [9.17, 15) is 0 Å². The van der Waals surface area contributed by atoms with Gasteiger partial charge in [0, 0.05) is 24.8 Å². The molecule has 4 heteroatoms. The summed E-state index contributed by atoms with van der Waals surface area (Å²) < 4.78 is 0. The lowest BCUT2D eigenvalue weighted by atomic mass is 10.2. The third-order valence-corrected chi connectivity index (χ3v) is 2.17. The molecule has 1 aromatic heterocycles. The number of hydrogen-bond acceptors (Lipinski definition) is 3. The van der Waals surface area contributed by atoms with E-state index in [1.54, 1.807) is 6.33 Å². The highest BCUT2D eigenvalue weighted by Gasteiger charge is 2.07. The van der Waals surface area contributed by atoms with Gasteiger partial charge < -0.3 is 4.90 Å². The Morgan fingerprint density at radius 2 is 2.14 bits per heavy atom. The van der Waals surface area contributed by atoms with Crippen LogP contribution in [0.4, 0.5) is 5.82 Å². The standard InChI is InChI=1S/C10H13N3.ClH/c1-9-7-10(12-8-11-9)13-5-3-2-4-6-13;/h2-3,7-8H,4-6H2,1H3;1H. The second kappa shape index (κ2) is 4.96. The Balaban J connectivity index is 0.000000980. The van der Waals surface area contributed by atoms with E-state index in [0.29, 0.717) is 0 Å². The molecule has 1 aromatic rings. The number of aryl methyl sites for hydroxylation is 1. The number of hydrogen-bond donors (Lipinski definition) is 0. The summed E-state index contributed by atoms with van der Waals surface area (Å²) in [4.78, 5) is 10.6. The van der Waals surface area contributed by atoms with Gasteiger partial charge in [0.25, 0.3) is 0 Å². The van der Waals surface area contributed by atoms with E-state index in [4.69, 9.17) is 0 Å². The molecule has 0 atom stereocenters. The summed E-state index contributed by atoms with van der Waals surface area (Å²) in [5.74, 6) is 1.04. The zero-order valence-electron chi connectivity index (χ0n) is 8.18. The molecule has 0 fully saturated rings. The maximum Gasteiger partial charge on any atom is 0.132 e. The summed E-state index contributed by atoms with van der Waals surface area (Å²) >= 11 is 0. The Morgan fingerprint density at radius 1 is 1.29 bits per heavy atom. The van der Waals surface area contributed by atoms with Gasteiger partial charge in [-0.1, -0.05) is 12.2 Å². The first kappa shape index (κ1) is 11.0. The largest absolute Gasteiger partial charge is 0.352 e. The molecule has 14 heavy (non-hydrogen) atoms. The minimum absolute atomic E-state index is 0. The highest BCUT2D eigenvalue weighted by atomic mass is 35.5. The normalized spacial score (nSPS) is 15.1. The van der Waals surface area contributed by atoms with Gasteiger partial charge in [-0.25, -0.2) is 9.97 Å². The number of halogens is 1. The van der Waals surface area contributed by atoms with Crippen LogP contribution in [0.5, 0.6) is 0 Å². The van der Waals surface area contributed by atoms with Crippen molar-refractivity contribution in [2.24, 2.45) is 0 Å². The van der Waals surface area contributed by atoms with Gasteiger partial charge in [-0.15, -0.1) is 12.4 Å². The highest BCUT2D eigenvalue weighted by Crippen LogP contribution is 2.13. The van der Waals surface area contributed by atoms with E-state index >= 15 is 0 Å². The van der Waals surface area contributed by atoms with Crippen LogP contribution in [0.3, 0.4) is 0 Å². The lowest BCUT2D eigenvalue weighted by Crippen LogP contribution is -2.27. The Morgan fingerprint density at radius 3 is 2.79 bits per heavy atom. The zero-order chi connectivity index (χ0) is 9.10. The SMILES string of the molecule is Cc1cc(N2CC=CCC2)ncn1.Cl. The Kier molecular flexibility index (Phi) is 3.89. The van der Waals surface area contributed by atoms with Crippen LogP contribution >= 0.6 is 12.4 Å². The van der Waals surface area contributed by atoms with E-state index in [-0.39, 0.29) is 12.4 Å². The third kappa shape index (κ3) is 2.45. The number of nitrogens with zero attached hydrogens (tertiary/aromatic N) is 3. The predicted octanol–water partition coefficient (Wildman–Crippen LogP) is 1.97. The van der Waals surface area contributed by atoms with Crippen molar-refractivity contribution >= 4 is 18.2 Å². The molecule has 0 spiro atoms. The van der Waals surface area contributed by atoms with Gasteiger partial charge >= 0.3 is 0 Å². The second-order valence-electron chi connectivity index (χ2n) is 3.22. The number of rotatable bonds is 1. The Hall–Kier alpha value is -1.09. The van der Waals surface area contributed by atoms with E-state index in [1.807, 2.05) is 13.0 Å². The van der Waals surface area contributed by atoms with Crippen LogP contribution in [-0.2, 0) is 0 Å². The van der Waals surface area contributed by atoms with Crippen LogP contribution in [0.25, 0.3) is 0 Å². The monoisotopic (exact) mass is 211 g/mol. The molecule has 0 aliphatic carbocycles. The fourth-order valence-electron chi connectivity index (χ4n) is 1.46. The van der Waals surface area contributed by atoms with Gasteiger partial charge in [-0.3, -0.25) is 0 Å². The van der Waals surface area contributed by atoms with Crippen LogP contribution in [0.2, 0.25) is 0 Å². The van der Waals surface area contributed by atoms with Crippen molar-refractivity contribution in [2.45, 2.75) is 13.3 Å². The third-order valence-electron chi connectivity index (χ3n) is 2.17. The van der Waals surface area contributed by atoms with Gasteiger partial charge in [0.1, 0.15) is 12.1 Å². The van der Waals surface area contributed by atoms with Gasteiger partial charge in [0.15, 0.2) is 0 Å². The molecule has 0 bridgehead atoms. The maximum atomic E-state index is 4.24. The summed E-state index contributed by atoms with van der Waals surface area (Å²) in [6.45, 7) is 4.02. The molecule has 2 heterocycles. The van der Waals surface area contributed by atoms with Crippen LogP contribution in [-0.4, -0.2) is 23.1 Å². The molecule has 0 saturated heterocycles. The molecule has 0 amide bonds. The van der Waals surface area contributed by atoms with Gasteiger partial charge in [-0.05, 0) is 13.3 Å². The summed E-state index contributed by atoms with van der Waals surface area (Å²) in [7, 11) is 0. The molecule has 1 aliphatic rings. The maximum absolute atomic E-state index is 4.24. The summed E-state index contributed by atoms with van der Waals surface area (Å²) in [5.41, 5.74) is 1.03. The van der Waals surface area contributed by atoms with Crippen LogP contribution in [0, 0.1) is 6.92 Å². The van der Waals surface area contributed by atoms with Crippen molar-refractivity contribution in [2.75, 3.05) is 18.0 Å². The first-order chi connectivity index (χ1) is 6.36. The van der Waals surface area contributed by atoms with Gasteiger partial charge in [0.05, 0.1) is 0 Å². The number of aromatic nitrogens is 2. The average molecular weight is 212 g/mol. The average Bonchev–Trinajstić information content (AvgIpc) is 2.19. The summed E-state index contributed by atoms with van der Waals surface area (Å²) in [6, 6.07) is 2.03. The predicted molar refractivity (Wildman–Crippen MR) is 60.0 cm³/mol. The fraction of sp³-hybridized carbons (Fsp3) is 0.400. The van der Waals surface area contributed by atoms with Crippen molar-refractivity contribution in [1.29, 1.82) is 0 Å². The molecule has 0 aromatic carbocycles. The van der Waals surface area contributed by atoms with Gasteiger partial charge in [0.2, 0.25) is 0 Å². The molecule has 0 radical (unpaired) electrons. The topological polar surface area (TPSA) is 29.0 Å². The molecule has 0 saturated carbocycles. The lowest BCUT2D eigenvalue weighted by molar-refractivity contribution is 0.801. The van der Waals surface area contributed by atoms with E-state index in [0.717, 1.165) is 31.0 Å². The van der Waals surface area contributed by atoms with Crippen LogP contribution in [0.1, 0.15) is 12.1 Å². The van der Waals surface area contributed by atoms with E-state index in [2.05, 4.69) is 27.0 Å². The number of anilines is 1. The Bertz CT molecular complexity index is 325. The van der Waals surface area contributed by atoms with Crippen molar-refractivity contribution in [3.05, 3.63) is 30.2 Å². The first-order valence-corrected chi connectivity index (χ1v) is 4.55. The molecule has 76 valence electrons. The molecule has 0 N–H and O–H groups in total. The minimum atomic E-state index is 0. The molecule has 0 unspecified atom stereocenters. The highest BCUT2D eigenvalue weighted by molar-refractivity contribution is 5.85. The quantitative estimate of drug-likeness (QED) is 0.666. The van der Waals surface area contributed by atoms with Crippen molar-refractivity contribution in [3.63, 3.8) is 0 Å². The van der Waals surface area contributed by atoms with Crippen LogP contribution in [0.15, 0.2) is 24.5 Å². The van der Waals surface area contributed by atoms with Crippen molar-refractivity contribution in [1.82, 2.24) is 9.97 Å². The lowest BCUT2D eigenvalue weighted by Gasteiger charge is -2.24. The first-order valence-electron chi connectivity index (χ1n) is 4.55. The Labute approximate surface area is 90.3 Å². The molecule has 3 nitrogen and oxygen atoms in total. The van der Waals surface area contributed by atoms with E-state index < -0.39 is 0 Å². The molecule has 1 aliphatic heterocycles. The second-order valence-corrected chi connectivity index (χ2v) is 3.22. The van der Waals surface area contributed by atoms with Gasteiger partial charge in [-0.2, -0.15) is 0 Å². The van der Waals surface area contributed by atoms with Crippen LogP contribution < -0.4 is 4.90 Å². The molecule has 2 rings (SSSR count). The van der Waals surface area contributed by atoms with E-state index in [1.165, 1.54) is 0 Å². The summed E-state index contributed by atoms with van der Waals surface area (Å²) in [5, 5.41) is 0. The zero-order valence-corrected chi connectivity index (χ0v) is 9.00. The molecular formula is C10H14ClN3. The summed E-state index contributed by atoms with van der Waals surface area (Å²) in [6.07, 6.45) is 7.14.